The predicted molar refractivity (Wildman–Crippen MR) is 73.9 cm³/mol. The molecule has 2 atom stereocenters. The van der Waals surface area contributed by atoms with E-state index in [9.17, 15) is 9.90 Å². The van der Waals surface area contributed by atoms with E-state index in [1.165, 1.54) is 6.33 Å². The molecule has 19 heavy (non-hydrogen) atoms. The summed E-state index contributed by atoms with van der Waals surface area (Å²) in [5, 5.41) is 12.7. The highest BCUT2D eigenvalue weighted by Gasteiger charge is 2.15. The Morgan fingerprint density at radius 2 is 2.26 bits per heavy atom. The van der Waals surface area contributed by atoms with Gasteiger partial charge in [-0.15, -0.1) is 0 Å². The van der Waals surface area contributed by atoms with Crippen LogP contribution in [0.3, 0.4) is 0 Å². The molecule has 0 aliphatic carbocycles. The zero-order chi connectivity index (χ0) is 13.8. The molecule has 0 saturated carbocycles. The van der Waals surface area contributed by atoms with E-state index in [1.54, 1.807) is 6.20 Å². The quantitative estimate of drug-likeness (QED) is 0.619. The molecule has 2 aromatic rings. The van der Waals surface area contributed by atoms with Crippen LogP contribution in [-0.4, -0.2) is 32.7 Å². The first-order chi connectivity index (χ1) is 9.17. The van der Waals surface area contributed by atoms with Crippen LogP contribution in [0.5, 0.6) is 0 Å². The number of nitrogens with zero attached hydrogens (tertiary/aromatic N) is 1. The minimum Gasteiger partial charge on any atom is -0.395 e. The van der Waals surface area contributed by atoms with Gasteiger partial charge in [-0.05, 0) is 5.92 Å². The van der Waals surface area contributed by atoms with E-state index in [4.69, 9.17) is 0 Å². The number of aliphatic hydroxyl groups is 1. The van der Waals surface area contributed by atoms with Crippen LogP contribution in [0.25, 0.3) is 11.0 Å². The number of fused-ring (bicyclic) bond motifs is 1. The zero-order valence-corrected chi connectivity index (χ0v) is 11.2. The van der Waals surface area contributed by atoms with E-state index in [0.29, 0.717) is 23.5 Å². The van der Waals surface area contributed by atoms with Gasteiger partial charge in [0.1, 0.15) is 5.52 Å². The molecule has 0 fully saturated rings. The Labute approximate surface area is 111 Å². The van der Waals surface area contributed by atoms with E-state index in [2.05, 4.69) is 34.1 Å². The van der Waals surface area contributed by atoms with Gasteiger partial charge in [-0.3, -0.25) is 4.79 Å². The van der Waals surface area contributed by atoms with Crippen LogP contribution in [0.4, 0.5) is 0 Å². The van der Waals surface area contributed by atoms with E-state index >= 15 is 0 Å². The molecule has 0 saturated heterocycles. The average Bonchev–Trinajstić information content (AvgIpc) is 2.84. The van der Waals surface area contributed by atoms with Crippen molar-refractivity contribution in [2.24, 2.45) is 5.92 Å². The first-order valence-electron chi connectivity index (χ1n) is 6.55. The van der Waals surface area contributed by atoms with Crippen LogP contribution in [0.1, 0.15) is 25.8 Å². The first kappa shape index (κ1) is 13.8. The molecule has 0 spiro atoms. The predicted octanol–water partition coefficient (Wildman–Crippen LogP) is 0.748. The molecule has 104 valence electrons. The number of H-pyrrole nitrogens is 2. The third-order valence-corrected chi connectivity index (χ3v) is 3.63. The van der Waals surface area contributed by atoms with Crippen molar-refractivity contribution < 1.29 is 5.11 Å². The smallest absolute Gasteiger partial charge is 0.275 e. The second-order valence-corrected chi connectivity index (χ2v) is 4.82. The Hall–Kier alpha value is -1.66. The highest BCUT2D eigenvalue weighted by atomic mass is 16.3. The molecule has 6 heteroatoms. The molecule has 2 rings (SSSR count). The lowest BCUT2D eigenvalue weighted by Crippen LogP contribution is -2.37. The first-order valence-corrected chi connectivity index (χ1v) is 6.55. The van der Waals surface area contributed by atoms with Gasteiger partial charge in [0.25, 0.3) is 5.56 Å². The largest absolute Gasteiger partial charge is 0.395 e. The van der Waals surface area contributed by atoms with Gasteiger partial charge in [0.05, 0.1) is 18.5 Å². The van der Waals surface area contributed by atoms with Crippen LogP contribution in [0.2, 0.25) is 0 Å². The normalized spacial score (nSPS) is 14.7. The minimum absolute atomic E-state index is 0.0527. The molecule has 0 amide bonds. The number of rotatable bonds is 6. The molecule has 4 N–H and O–H groups in total. The lowest BCUT2D eigenvalue weighted by molar-refractivity contribution is 0.201. The van der Waals surface area contributed by atoms with Crippen LogP contribution >= 0.6 is 0 Å². The minimum atomic E-state index is -0.170. The Morgan fingerprint density at radius 3 is 2.95 bits per heavy atom. The van der Waals surface area contributed by atoms with Gasteiger partial charge in [-0.25, -0.2) is 4.98 Å². The molecule has 2 aromatic heterocycles. The number of aromatic nitrogens is 3. The lowest BCUT2D eigenvalue weighted by Gasteiger charge is -2.21. The molecule has 0 bridgehead atoms. The standard InChI is InChI=1S/C13H20N4O2/c1-3-8(2)10(6-18)14-4-9-5-15-12-11(9)16-7-17-13(12)19/h5,7-8,10,14-15,18H,3-4,6H2,1-2H3,(H,16,17,19)/t8-,10?/m0/s1. The van der Waals surface area contributed by atoms with Gasteiger partial charge in [-0.1, -0.05) is 20.3 Å². The van der Waals surface area contributed by atoms with Crippen LogP contribution in [0.15, 0.2) is 17.3 Å². The van der Waals surface area contributed by atoms with Gasteiger partial charge in [0, 0.05) is 24.3 Å². The van der Waals surface area contributed by atoms with Crippen molar-refractivity contribution >= 4 is 11.0 Å². The average molecular weight is 264 g/mol. The topological polar surface area (TPSA) is 93.8 Å². The van der Waals surface area contributed by atoms with Crippen LogP contribution < -0.4 is 10.9 Å². The molecular weight excluding hydrogens is 244 g/mol. The van der Waals surface area contributed by atoms with Crippen molar-refractivity contribution in [3.8, 4) is 0 Å². The lowest BCUT2D eigenvalue weighted by atomic mass is 10.00. The van der Waals surface area contributed by atoms with Crippen LogP contribution in [0, 0.1) is 5.92 Å². The highest BCUT2D eigenvalue weighted by Crippen LogP contribution is 2.13. The molecule has 0 aliphatic heterocycles. The Bertz CT molecular complexity index is 590. The summed E-state index contributed by atoms with van der Waals surface area (Å²) >= 11 is 0. The van der Waals surface area contributed by atoms with Crippen molar-refractivity contribution in [2.75, 3.05) is 6.61 Å². The van der Waals surface area contributed by atoms with Gasteiger partial charge in [0.15, 0.2) is 0 Å². The summed E-state index contributed by atoms with van der Waals surface area (Å²) in [5.74, 6) is 0.395. The molecule has 0 aromatic carbocycles. The Kier molecular flexibility index (Phi) is 4.34. The number of nitrogens with one attached hydrogen (secondary N) is 3. The third-order valence-electron chi connectivity index (χ3n) is 3.63. The number of hydrogen-bond donors (Lipinski definition) is 4. The van der Waals surface area contributed by atoms with Crippen molar-refractivity contribution in [3.63, 3.8) is 0 Å². The Balaban J connectivity index is 2.14. The summed E-state index contributed by atoms with van der Waals surface area (Å²) in [6.07, 6.45) is 4.19. The molecular formula is C13H20N4O2. The number of hydrogen-bond acceptors (Lipinski definition) is 4. The van der Waals surface area contributed by atoms with E-state index in [-0.39, 0.29) is 18.2 Å². The van der Waals surface area contributed by atoms with Gasteiger partial charge in [0.2, 0.25) is 0 Å². The third kappa shape index (κ3) is 2.85. The molecule has 0 radical (unpaired) electrons. The van der Waals surface area contributed by atoms with E-state index < -0.39 is 0 Å². The van der Waals surface area contributed by atoms with Crippen molar-refractivity contribution in [1.29, 1.82) is 0 Å². The summed E-state index contributed by atoms with van der Waals surface area (Å²) in [7, 11) is 0. The van der Waals surface area contributed by atoms with E-state index in [1.807, 2.05) is 0 Å². The fraction of sp³-hybridized carbons (Fsp3) is 0.538. The van der Waals surface area contributed by atoms with Gasteiger partial charge in [-0.2, -0.15) is 0 Å². The Morgan fingerprint density at radius 1 is 1.47 bits per heavy atom. The molecule has 0 aliphatic rings. The molecule has 1 unspecified atom stereocenters. The summed E-state index contributed by atoms with van der Waals surface area (Å²) < 4.78 is 0. The monoisotopic (exact) mass is 264 g/mol. The molecule has 2 heterocycles. The maximum absolute atomic E-state index is 11.6. The number of aromatic amines is 2. The summed E-state index contributed by atoms with van der Waals surface area (Å²) in [5.41, 5.74) is 1.93. The second kappa shape index (κ2) is 5.99. The highest BCUT2D eigenvalue weighted by molar-refractivity contribution is 5.77. The fourth-order valence-electron chi connectivity index (χ4n) is 2.11. The molecule has 6 nitrogen and oxygen atoms in total. The van der Waals surface area contributed by atoms with Crippen molar-refractivity contribution in [3.05, 3.63) is 28.4 Å². The van der Waals surface area contributed by atoms with Crippen molar-refractivity contribution in [1.82, 2.24) is 20.3 Å². The number of aliphatic hydroxyl groups excluding tert-OH is 1. The summed E-state index contributed by atoms with van der Waals surface area (Å²) in [4.78, 5) is 21.2. The zero-order valence-electron chi connectivity index (χ0n) is 11.2. The SMILES string of the molecule is CC[C@H](C)C(CO)NCc1c[nH]c2c(=O)[nH]cnc12. The van der Waals surface area contributed by atoms with Crippen LogP contribution in [-0.2, 0) is 6.54 Å². The summed E-state index contributed by atoms with van der Waals surface area (Å²) in [6.45, 7) is 4.88. The van der Waals surface area contributed by atoms with E-state index in [0.717, 1.165) is 12.0 Å². The maximum Gasteiger partial charge on any atom is 0.275 e. The summed E-state index contributed by atoms with van der Waals surface area (Å²) in [6, 6.07) is 0.0527. The second-order valence-electron chi connectivity index (χ2n) is 4.82. The maximum atomic E-state index is 11.6. The van der Waals surface area contributed by atoms with Gasteiger partial charge >= 0.3 is 0 Å². The van der Waals surface area contributed by atoms with Crippen molar-refractivity contribution in [2.45, 2.75) is 32.9 Å². The van der Waals surface area contributed by atoms with Gasteiger partial charge < -0.3 is 20.4 Å². The fourth-order valence-corrected chi connectivity index (χ4v) is 2.11.